The van der Waals surface area contributed by atoms with Gasteiger partial charge in [-0.25, -0.2) is 4.39 Å². The minimum absolute atomic E-state index is 0.166. The molecule has 0 saturated carbocycles. The van der Waals surface area contributed by atoms with Gasteiger partial charge in [0.15, 0.2) is 0 Å². The van der Waals surface area contributed by atoms with Crippen LogP contribution in [0.25, 0.3) is 11.0 Å². The largest absolute Gasteiger partial charge is 0.478 e. The van der Waals surface area contributed by atoms with Crippen LogP contribution < -0.4 is 14.9 Å². The van der Waals surface area contributed by atoms with Crippen LogP contribution in [0.2, 0.25) is 0 Å². The molecule has 0 unspecified atom stereocenters. The monoisotopic (exact) mass is 509 g/mol. The van der Waals surface area contributed by atoms with Gasteiger partial charge in [0.25, 0.3) is 0 Å². The topological polar surface area (TPSA) is 51.9 Å². The predicted molar refractivity (Wildman–Crippen MR) is 127 cm³/mol. The van der Waals surface area contributed by atoms with Crippen molar-refractivity contribution in [2.75, 3.05) is 13.3 Å². The third kappa shape index (κ3) is 4.38. The molecule has 3 aromatic carbocycles. The molecule has 168 valence electrons. The van der Waals surface area contributed by atoms with E-state index in [1.807, 2.05) is 24.3 Å². The molecule has 5 rings (SSSR count). The molecule has 0 saturated heterocycles. The first-order chi connectivity index (χ1) is 16.0. The number of para-hydroxylation sites is 1. The van der Waals surface area contributed by atoms with Gasteiger partial charge in [-0.3, -0.25) is 9.69 Å². The minimum atomic E-state index is -0.242. The lowest BCUT2D eigenvalue weighted by atomic mass is 10.1. The molecule has 0 fully saturated rings. The summed E-state index contributed by atoms with van der Waals surface area (Å²) < 4.78 is 31.9. The molecule has 0 amide bonds. The van der Waals surface area contributed by atoms with Gasteiger partial charge in [-0.2, -0.15) is 0 Å². The Bertz CT molecular complexity index is 1380. The number of fused-ring (bicyclic) bond motifs is 3. The predicted octanol–water partition coefficient (Wildman–Crippen LogP) is 6.19. The fourth-order valence-corrected chi connectivity index (χ4v) is 4.31. The van der Waals surface area contributed by atoms with Crippen LogP contribution >= 0.6 is 15.9 Å². The van der Waals surface area contributed by atoms with E-state index in [0.717, 1.165) is 28.6 Å². The van der Waals surface area contributed by atoms with Crippen LogP contribution in [0.3, 0.4) is 0 Å². The molecule has 33 heavy (non-hydrogen) atoms. The van der Waals surface area contributed by atoms with Crippen LogP contribution in [0.1, 0.15) is 16.9 Å². The lowest BCUT2D eigenvalue weighted by molar-refractivity contribution is 0.0967. The molecule has 0 atom stereocenters. The zero-order chi connectivity index (χ0) is 22.9. The van der Waals surface area contributed by atoms with E-state index < -0.39 is 0 Å². The summed E-state index contributed by atoms with van der Waals surface area (Å²) in [5.74, 6) is 1.58. The quantitative estimate of drug-likeness (QED) is 0.321. The van der Waals surface area contributed by atoms with E-state index in [2.05, 4.69) is 20.8 Å². The van der Waals surface area contributed by atoms with Gasteiger partial charge in [-0.15, -0.1) is 0 Å². The maximum absolute atomic E-state index is 13.3. The Morgan fingerprint density at radius 3 is 2.67 bits per heavy atom. The lowest BCUT2D eigenvalue weighted by Gasteiger charge is -2.29. The first kappa shape index (κ1) is 21.7. The average molecular weight is 510 g/mol. The number of benzene rings is 3. The molecule has 2 heterocycles. The summed E-state index contributed by atoms with van der Waals surface area (Å²) in [7, 11) is 0. The summed E-state index contributed by atoms with van der Waals surface area (Å²) >= 11 is 3.45. The molecule has 5 nitrogen and oxygen atoms in total. The van der Waals surface area contributed by atoms with Gasteiger partial charge in [-0.05, 0) is 71.2 Å². The standard InChI is InChI=1S/C26H21BrFNO4/c1-16-25(33-23-5-3-2-4-21(23)27)24(30)19-10-11-22-20(26(19)32-16)14-29(15-31-22)13-12-17-6-8-18(28)9-7-17/h2-11H,12-15H2,1H3. The number of rotatable bonds is 5. The van der Waals surface area contributed by atoms with Crippen LogP contribution in [-0.4, -0.2) is 18.2 Å². The highest BCUT2D eigenvalue weighted by Gasteiger charge is 2.24. The van der Waals surface area contributed by atoms with E-state index >= 15 is 0 Å². The Morgan fingerprint density at radius 1 is 1.09 bits per heavy atom. The second-order valence-electron chi connectivity index (χ2n) is 7.97. The van der Waals surface area contributed by atoms with Crippen molar-refractivity contribution in [3.8, 4) is 17.2 Å². The van der Waals surface area contributed by atoms with Crippen molar-refractivity contribution in [2.24, 2.45) is 0 Å². The van der Waals surface area contributed by atoms with Crippen LogP contribution in [0.15, 0.2) is 74.3 Å². The second-order valence-corrected chi connectivity index (χ2v) is 8.82. The molecule has 1 aliphatic heterocycles. The summed E-state index contributed by atoms with van der Waals surface area (Å²) in [6.45, 7) is 3.48. The van der Waals surface area contributed by atoms with Crippen LogP contribution in [0.4, 0.5) is 4.39 Å². The highest BCUT2D eigenvalue weighted by Crippen LogP contribution is 2.35. The van der Waals surface area contributed by atoms with E-state index in [-0.39, 0.29) is 17.0 Å². The van der Waals surface area contributed by atoms with Crippen molar-refractivity contribution in [3.05, 3.63) is 98.1 Å². The summed E-state index contributed by atoms with van der Waals surface area (Å²) in [6.07, 6.45) is 0.761. The van der Waals surface area contributed by atoms with E-state index in [4.69, 9.17) is 13.9 Å². The Kier molecular flexibility index (Phi) is 5.91. The second kappa shape index (κ2) is 9.00. The highest BCUT2D eigenvalue weighted by atomic mass is 79.9. The van der Waals surface area contributed by atoms with Gasteiger partial charge >= 0.3 is 0 Å². The van der Waals surface area contributed by atoms with Crippen LogP contribution in [0.5, 0.6) is 17.2 Å². The van der Waals surface area contributed by atoms with E-state index in [1.54, 1.807) is 31.2 Å². The molecular weight excluding hydrogens is 489 g/mol. The third-order valence-corrected chi connectivity index (χ3v) is 6.36. The Morgan fingerprint density at radius 2 is 1.88 bits per heavy atom. The Hall–Kier alpha value is -3.16. The minimum Gasteiger partial charge on any atom is -0.478 e. The van der Waals surface area contributed by atoms with Gasteiger partial charge in [0.05, 0.1) is 15.4 Å². The molecule has 1 aliphatic rings. The molecule has 0 radical (unpaired) electrons. The molecular formula is C26H21BrFNO4. The molecule has 4 aromatic rings. The van der Waals surface area contributed by atoms with Gasteiger partial charge in [-0.1, -0.05) is 24.3 Å². The summed E-state index contributed by atoms with van der Waals surface area (Å²) in [5.41, 5.74) is 2.18. The van der Waals surface area contributed by atoms with Crippen molar-refractivity contribution in [3.63, 3.8) is 0 Å². The van der Waals surface area contributed by atoms with Crippen LogP contribution in [-0.2, 0) is 13.0 Å². The summed E-state index contributed by atoms with van der Waals surface area (Å²) in [4.78, 5) is 15.4. The SMILES string of the molecule is Cc1oc2c3c(ccc2c(=O)c1Oc1ccccc1Br)OCN(CCc1ccc(F)cc1)C3. The number of ether oxygens (including phenoxy) is 2. The van der Waals surface area contributed by atoms with Gasteiger partial charge < -0.3 is 13.9 Å². The first-order valence-corrected chi connectivity index (χ1v) is 11.4. The Balaban J connectivity index is 1.44. The molecule has 0 N–H and O–H groups in total. The fourth-order valence-electron chi connectivity index (χ4n) is 3.94. The normalized spacial score (nSPS) is 13.5. The number of nitrogens with zero attached hydrogens (tertiary/aromatic N) is 1. The van der Waals surface area contributed by atoms with Crippen LogP contribution in [0, 0.1) is 12.7 Å². The lowest BCUT2D eigenvalue weighted by Crippen LogP contribution is -2.33. The number of aryl methyl sites for hydroxylation is 1. The molecule has 1 aromatic heterocycles. The maximum Gasteiger partial charge on any atom is 0.235 e. The smallest absolute Gasteiger partial charge is 0.235 e. The van der Waals surface area contributed by atoms with Crippen molar-refractivity contribution >= 4 is 26.9 Å². The van der Waals surface area contributed by atoms with E-state index in [9.17, 15) is 9.18 Å². The molecule has 0 spiro atoms. The number of hydrogen-bond acceptors (Lipinski definition) is 5. The van der Waals surface area contributed by atoms with Gasteiger partial charge in [0.2, 0.25) is 11.2 Å². The summed E-state index contributed by atoms with van der Waals surface area (Å²) in [6, 6.07) is 17.4. The van der Waals surface area contributed by atoms with Gasteiger partial charge in [0.1, 0.15) is 35.4 Å². The zero-order valence-corrected chi connectivity index (χ0v) is 19.5. The third-order valence-electron chi connectivity index (χ3n) is 5.71. The molecule has 0 bridgehead atoms. The van der Waals surface area contributed by atoms with Crippen molar-refractivity contribution < 1.29 is 18.3 Å². The average Bonchev–Trinajstić information content (AvgIpc) is 2.82. The first-order valence-electron chi connectivity index (χ1n) is 10.6. The zero-order valence-electron chi connectivity index (χ0n) is 17.9. The number of hydrogen-bond donors (Lipinski definition) is 0. The van der Waals surface area contributed by atoms with E-state index in [0.29, 0.717) is 41.5 Å². The number of halogens is 2. The Labute approximate surface area is 198 Å². The molecule has 0 aliphatic carbocycles. The maximum atomic E-state index is 13.3. The highest BCUT2D eigenvalue weighted by molar-refractivity contribution is 9.10. The van der Waals surface area contributed by atoms with Crippen molar-refractivity contribution in [1.82, 2.24) is 4.90 Å². The van der Waals surface area contributed by atoms with E-state index in [1.165, 1.54) is 12.1 Å². The summed E-state index contributed by atoms with van der Waals surface area (Å²) in [5, 5.41) is 0.449. The van der Waals surface area contributed by atoms with Crippen molar-refractivity contribution in [2.45, 2.75) is 19.9 Å². The van der Waals surface area contributed by atoms with Crippen molar-refractivity contribution in [1.29, 1.82) is 0 Å². The van der Waals surface area contributed by atoms with Gasteiger partial charge in [0, 0.05) is 13.1 Å². The fraction of sp³-hybridized carbons (Fsp3) is 0.192. The molecule has 7 heteroatoms.